The molecule has 0 amide bonds. The molecular weight excluding hydrogens is 476 g/mol. The molecule has 0 saturated carbocycles. The highest BCUT2D eigenvalue weighted by molar-refractivity contribution is 6.31. The molecule has 0 spiro atoms. The molecule has 1 atom stereocenters. The van der Waals surface area contributed by atoms with Gasteiger partial charge in [0.2, 0.25) is 5.95 Å². The van der Waals surface area contributed by atoms with Crippen LogP contribution in [0, 0.1) is 11.6 Å². The van der Waals surface area contributed by atoms with Gasteiger partial charge in [-0.15, -0.1) is 0 Å². The van der Waals surface area contributed by atoms with Crippen LogP contribution in [0.5, 0.6) is 0 Å². The van der Waals surface area contributed by atoms with Crippen LogP contribution in [0.1, 0.15) is 38.7 Å². The van der Waals surface area contributed by atoms with Crippen LogP contribution in [0.25, 0.3) is 11.3 Å². The zero-order chi connectivity index (χ0) is 24.7. The number of halogens is 3. The lowest BCUT2D eigenvalue weighted by Gasteiger charge is -2.16. The minimum absolute atomic E-state index is 0.0185. The Hall–Kier alpha value is -4.21. The van der Waals surface area contributed by atoms with Gasteiger partial charge in [0.1, 0.15) is 17.7 Å². The minimum atomic E-state index is -0.797. The zero-order valence-corrected chi connectivity index (χ0v) is 18.6. The fourth-order valence-electron chi connectivity index (χ4n) is 4.05. The summed E-state index contributed by atoms with van der Waals surface area (Å²) in [6, 6.07) is 14.0. The molecule has 0 bridgehead atoms. The third kappa shape index (κ3) is 4.01. The predicted molar refractivity (Wildman–Crippen MR) is 127 cm³/mol. The van der Waals surface area contributed by atoms with Crippen LogP contribution in [0.2, 0.25) is 5.02 Å². The molecule has 0 saturated heterocycles. The van der Waals surface area contributed by atoms with Gasteiger partial charge in [0.15, 0.2) is 0 Å². The van der Waals surface area contributed by atoms with Crippen LogP contribution in [-0.4, -0.2) is 21.6 Å². The van der Waals surface area contributed by atoms with Gasteiger partial charge in [0.05, 0.1) is 22.5 Å². The molecule has 0 aliphatic carbocycles. The second kappa shape index (κ2) is 8.86. The maximum absolute atomic E-state index is 15.0. The van der Waals surface area contributed by atoms with Crippen molar-refractivity contribution in [3.8, 4) is 11.3 Å². The number of carbonyl (C=O) groups excluding carboxylic acids is 1. The lowest BCUT2D eigenvalue weighted by Crippen LogP contribution is -2.12. The van der Waals surface area contributed by atoms with Gasteiger partial charge in [-0.1, -0.05) is 35.9 Å². The number of fused-ring (bicyclic) bond motifs is 3. The highest BCUT2D eigenvalue weighted by Gasteiger charge is 2.30. The highest BCUT2D eigenvalue weighted by Crippen LogP contribution is 2.40. The van der Waals surface area contributed by atoms with Gasteiger partial charge in [-0.2, -0.15) is 5.90 Å². The number of nitrogens with two attached hydrogens (primary N) is 2. The van der Waals surface area contributed by atoms with Crippen LogP contribution < -0.4 is 11.6 Å². The molecule has 3 aromatic carbocycles. The lowest BCUT2D eigenvalue weighted by atomic mass is 9.93. The fourth-order valence-corrected chi connectivity index (χ4v) is 4.23. The van der Waals surface area contributed by atoms with E-state index in [1.165, 1.54) is 24.4 Å². The average molecular weight is 492 g/mol. The number of hydrogen-bond acceptors (Lipinski definition) is 7. The topological polar surface area (TPSA) is 116 Å². The number of nitrogen functional groups attached to an aromatic ring is 1. The number of aliphatic imine (C=N–C) groups is 1. The SMILES string of the molecule is NOC(=O)c1ccc(C2N=C(c3c(F)cccc3F)c3cc(Cl)ccc3-c3nc(N)ncc32)cc1. The normalized spacial score (nSPS) is 14.4. The number of nitrogens with zero attached hydrogens (tertiary/aromatic N) is 3. The Morgan fingerprint density at radius 1 is 1.00 bits per heavy atom. The maximum atomic E-state index is 15.0. The standard InChI is InChI=1S/C25H16ClF2N5O2/c26-14-8-9-15-16(10-14)23(20-18(27)2-1-3-19(20)28)32-21(17-11-31-25(29)33-22(15)17)12-4-6-13(7-5-12)24(34)35-30/h1-11,21H,30H2,(H2,29,31,33). The lowest BCUT2D eigenvalue weighted by molar-refractivity contribution is 0.0503. The van der Waals surface area contributed by atoms with E-state index in [0.29, 0.717) is 33.0 Å². The summed E-state index contributed by atoms with van der Waals surface area (Å²) in [5, 5.41) is 0.347. The van der Waals surface area contributed by atoms with Crippen molar-refractivity contribution in [3.63, 3.8) is 0 Å². The van der Waals surface area contributed by atoms with Crippen LogP contribution in [0.3, 0.4) is 0 Å². The Morgan fingerprint density at radius 2 is 1.71 bits per heavy atom. The van der Waals surface area contributed by atoms with Gasteiger partial charge in [-0.25, -0.2) is 23.5 Å². The predicted octanol–water partition coefficient (Wildman–Crippen LogP) is 4.63. The summed E-state index contributed by atoms with van der Waals surface area (Å²) in [6.45, 7) is 0. The van der Waals surface area contributed by atoms with Crippen LogP contribution in [-0.2, 0) is 4.84 Å². The molecule has 1 aliphatic heterocycles. The molecule has 5 rings (SSSR count). The summed E-state index contributed by atoms with van der Waals surface area (Å²) in [4.78, 5) is 29.4. The first kappa shape index (κ1) is 22.6. The summed E-state index contributed by atoms with van der Waals surface area (Å²) in [7, 11) is 0. The molecular formula is C25H16ClF2N5O2. The molecule has 0 fully saturated rings. The van der Waals surface area contributed by atoms with Gasteiger partial charge in [-0.3, -0.25) is 4.99 Å². The van der Waals surface area contributed by atoms with Crippen LogP contribution >= 0.6 is 11.6 Å². The monoisotopic (exact) mass is 491 g/mol. The molecule has 0 radical (unpaired) electrons. The first-order chi connectivity index (χ1) is 16.9. The molecule has 174 valence electrons. The van der Waals surface area contributed by atoms with Crippen molar-refractivity contribution < 1.29 is 18.4 Å². The van der Waals surface area contributed by atoms with E-state index in [1.54, 1.807) is 30.3 Å². The van der Waals surface area contributed by atoms with Gasteiger partial charge in [0, 0.05) is 27.9 Å². The third-order valence-corrected chi connectivity index (χ3v) is 5.88. The molecule has 7 nitrogen and oxygen atoms in total. The first-order valence-electron chi connectivity index (χ1n) is 10.3. The molecule has 1 aliphatic rings. The Balaban J connectivity index is 1.83. The van der Waals surface area contributed by atoms with Gasteiger partial charge in [0.25, 0.3) is 0 Å². The first-order valence-corrected chi connectivity index (χ1v) is 10.7. The number of hydrogen-bond donors (Lipinski definition) is 2. The van der Waals surface area contributed by atoms with E-state index in [9.17, 15) is 4.79 Å². The third-order valence-electron chi connectivity index (χ3n) is 5.65. The quantitative estimate of drug-likeness (QED) is 0.404. The molecule has 2 heterocycles. The Kier molecular flexibility index (Phi) is 5.72. The molecule has 1 aromatic heterocycles. The molecule has 4 N–H and O–H groups in total. The fraction of sp³-hybridized carbons (Fsp3) is 0.0400. The summed E-state index contributed by atoms with van der Waals surface area (Å²) < 4.78 is 30.0. The minimum Gasteiger partial charge on any atom is -0.370 e. The largest absolute Gasteiger partial charge is 0.370 e. The summed E-state index contributed by atoms with van der Waals surface area (Å²) in [5.74, 6) is 2.71. The van der Waals surface area contributed by atoms with Crippen molar-refractivity contribution in [3.05, 3.63) is 111 Å². The van der Waals surface area contributed by atoms with E-state index >= 15 is 8.78 Å². The number of anilines is 1. The second-order valence-electron chi connectivity index (χ2n) is 7.73. The summed E-state index contributed by atoms with van der Waals surface area (Å²) in [6.07, 6.45) is 1.52. The van der Waals surface area contributed by atoms with Crippen molar-refractivity contribution in [2.75, 3.05) is 5.73 Å². The van der Waals surface area contributed by atoms with E-state index in [4.69, 9.17) is 28.2 Å². The highest BCUT2D eigenvalue weighted by atomic mass is 35.5. The van der Waals surface area contributed by atoms with Crippen molar-refractivity contribution in [2.45, 2.75) is 6.04 Å². The number of rotatable bonds is 3. The molecule has 35 heavy (non-hydrogen) atoms. The Bertz CT molecular complexity index is 1490. The second-order valence-corrected chi connectivity index (χ2v) is 8.16. The van der Waals surface area contributed by atoms with E-state index in [0.717, 1.165) is 12.1 Å². The van der Waals surface area contributed by atoms with Crippen molar-refractivity contribution in [2.24, 2.45) is 10.9 Å². The number of aromatic nitrogens is 2. The zero-order valence-electron chi connectivity index (χ0n) is 17.9. The van der Waals surface area contributed by atoms with E-state index in [1.807, 2.05) is 0 Å². The van der Waals surface area contributed by atoms with Crippen molar-refractivity contribution in [1.82, 2.24) is 9.97 Å². The number of carbonyl (C=O) groups is 1. The van der Waals surface area contributed by atoms with Crippen LogP contribution in [0.15, 0.2) is 71.9 Å². The summed E-state index contributed by atoms with van der Waals surface area (Å²) in [5.41, 5.74) is 8.35. The molecule has 1 unspecified atom stereocenters. The Labute approximate surface area is 203 Å². The van der Waals surface area contributed by atoms with Gasteiger partial charge >= 0.3 is 5.97 Å². The summed E-state index contributed by atoms with van der Waals surface area (Å²) >= 11 is 6.28. The maximum Gasteiger partial charge on any atom is 0.356 e. The van der Waals surface area contributed by atoms with Gasteiger partial charge in [-0.05, 0) is 42.0 Å². The molecule has 10 heteroatoms. The van der Waals surface area contributed by atoms with Crippen molar-refractivity contribution in [1.29, 1.82) is 0 Å². The Morgan fingerprint density at radius 3 is 2.40 bits per heavy atom. The smallest absolute Gasteiger partial charge is 0.356 e. The van der Waals surface area contributed by atoms with Crippen molar-refractivity contribution >= 4 is 29.2 Å². The molecule has 4 aromatic rings. The van der Waals surface area contributed by atoms with E-state index in [2.05, 4.69) is 14.8 Å². The van der Waals surface area contributed by atoms with E-state index in [-0.39, 0.29) is 22.8 Å². The van der Waals surface area contributed by atoms with Crippen LogP contribution in [0.4, 0.5) is 14.7 Å². The van der Waals surface area contributed by atoms with E-state index < -0.39 is 23.6 Å². The average Bonchev–Trinajstić information content (AvgIpc) is 2.98. The van der Waals surface area contributed by atoms with Gasteiger partial charge < -0.3 is 10.6 Å². The number of benzene rings is 3.